The van der Waals surface area contributed by atoms with Gasteiger partial charge in [-0.05, 0) is 54.4 Å². The van der Waals surface area contributed by atoms with E-state index < -0.39 is 0 Å². The number of aliphatic hydroxyl groups is 1. The SMILES string of the molecule is COc1ccc(C2=Nc3ccccc3C(c3ccc(F)cc3)N2CCCO)cc1. The predicted octanol–water partition coefficient (Wildman–Crippen LogP) is 4.70. The molecule has 29 heavy (non-hydrogen) atoms. The van der Waals surface area contributed by atoms with Gasteiger partial charge in [-0.3, -0.25) is 0 Å². The maximum absolute atomic E-state index is 13.6. The Morgan fingerprint density at radius 3 is 2.41 bits per heavy atom. The van der Waals surface area contributed by atoms with Gasteiger partial charge in [-0.15, -0.1) is 0 Å². The standard InChI is InChI=1S/C24H23FN2O2/c1-29-20-13-9-18(10-14-20)24-26-22-6-3-2-5-21(22)23(27(24)15-4-16-28)17-7-11-19(25)12-8-17/h2-3,5-14,23,28H,4,15-16H2,1H3. The van der Waals surface area contributed by atoms with Crippen LogP contribution in [0.1, 0.15) is 29.2 Å². The Kier molecular flexibility index (Phi) is 5.58. The van der Waals surface area contributed by atoms with Crippen molar-refractivity contribution in [3.8, 4) is 5.75 Å². The van der Waals surface area contributed by atoms with Crippen molar-refractivity contribution >= 4 is 11.5 Å². The van der Waals surface area contributed by atoms with Crippen LogP contribution in [0.5, 0.6) is 5.75 Å². The normalized spacial score (nSPS) is 15.6. The lowest BCUT2D eigenvalue weighted by Crippen LogP contribution is -2.39. The molecule has 0 fully saturated rings. The Morgan fingerprint density at radius 2 is 1.72 bits per heavy atom. The van der Waals surface area contributed by atoms with E-state index in [1.807, 2.05) is 54.6 Å². The molecular formula is C24H23FN2O2. The number of hydrogen-bond acceptors (Lipinski definition) is 4. The topological polar surface area (TPSA) is 45.1 Å². The van der Waals surface area contributed by atoms with Crippen LogP contribution >= 0.6 is 0 Å². The second-order valence-electron chi connectivity index (χ2n) is 6.95. The fourth-order valence-electron chi connectivity index (χ4n) is 3.74. The summed E-state index contributed by atoms with van der Waals surface area (Å²) >= 11 is 0. The summed E-state index contributed by atoms with van der Waals surface area (Å²) in [7, 11) is 1.64. The van der Waals surface area contributed by atoms with E-state index in [4.69, 9.17) is 9.73 Å². The summed E-state index contributed by atoms with van der Waals surface area (Å²) in [5, 5.41) is 9.48. The molecule has 0 bridgehead atoms. The van der Waals surface area contributed by atoms with Gasteiger partial charge in [0.05, 0.1) is 18.8 Å². The molecule has 4 rings (SSSR count). The van der Waals surface area contributed by atoms with E-state index in [0.29, 0.717) is 13.0 Å². The Bertz CT molecular complexity index is 1000. The number of aliphatic imine (C=N–C) groups is 1. The Hall–Kier alpha value is -3.18. The van der Waals surface area contributed by atoms with Gasteiger partial charge < -0.3 is 14.7 Å². The lowest BCUT2D eigenvalue weighted by molar-refractivity contribution is 0.254. The average molecular weight is 390 g/mol. The van der Waals surface area contributed by atoms with Crippen LogP contribution in [0.4, 0.5) is 10.1 Å². The molecule has 148 valence electrons. The van der Waals surface area contributed by atoms with Crippen LogP contribution < -0.4 is 4.74 Å². The highest BCUT2D eigenvalue weighted by Crippen LogP contribution is 2.40. The number of nitrogens with zero attached hydrogens (tertiary/aromatic N) is 2. The number of hydrogen-bond donors (Lipinski definition) is 1. The first-order valence-corrected chi connectivity index (χ1v) is 9.66. The maximum Gasteiger partial charge on any atom is 0.137 e. The summed E-state index contributed by atoms with van der Waals surface area (Å²) in [4.78, 5) is 7.13. The zero-order chi connectivity index (χ0) is 20.2. The third-order valence-corrected chi connectivity index (χ3v) is 5.13. The molecule has 0 radical (unpaired) electrons. The van der Waals surface area contributed by atoms with Crippen LogP contribution in [0.25, 0.3) is 0 Å². The highest BCUT2D eigenvalue weighted by atomic mass is 19.1. The van der Waals surface area contributed by atoms with Gasteiger partial charge in [-0.1, -0.05) is 30.3 Å². The third-order valence-electron chi connectivity index (χ3n) is 5.13. The molecule has 0 aromatic heterocycles. The number of amidine groups is 1. The summed E-state index contributed by atoms with van der Waals surface area (Å²) in [5.41, 5.74) is 3.91. The lowest BCUT2D eigenvalue weighted by atomic mass is 9.92. The molecule has 0 saturated carbocycles. The van der Waals surface area contributed by atoms with Crippen LogP contribution in [-0.4, -0.2) is 36.1 Å². The molecule has 3 aromatic carbocycles. The monoisotopic (exact) mass is 390 g/mol. The molecule has 4 nitrogen and oxygen atoms in total. The van der Waals surface area contributed by atoms with Crippen molar-refractivity contribution in [1.82, 2.24) is 4.90 Å². The van der Waals surface area contributed by atoms with Crippen LogP contribution in [0.3, 0.4) is 0 Å². The van der Waals surface area contributed by atoms with Crippen LogP contribution in [0.2, 0.25) is 0 Å². The number of ether oxygens (including phenoxy) is 1. The van der Waals surface area contributed by atoms with Crippen LogP contribution in [0, 0.1) is 5.82 Å². The Labute approximate surface area is 169 Å². The molecule has 0 spiro atoms. The minimum absolute atomic E-state index is 0.0875. The second-order valence-corrected chi connectivity index (χ2v) is 6.95. The Morgan fingerprint density at radius 1 is 1.00 bits per heavy atom. The van der Waals surface area contributed by atoms with Gasteiger partial charge in [0.25, 0.3) is 0 Å². The van der Waals surface area contributed by atoms with Gasteiger partial charge >= 0.3 is 0 Å². The number of para-hydroxylation sites is 1. The first-order valence-electron chi connectivity index (χ1n) is 9.66. The summed E-state index contributed by atoms with van der Waals surface area (Å²) in [5.74, 6) is 1.35. The number of benzene rings is 3. The van der Waals surface area contributed by atoms with Crippen molar-refractivity contribution in [2.75, 3.05) is 20.3 Å². The fourth-order valence-corrected chi connectivity index (χ4v) is 3.74. The first-order chi connectivity index (χ1) is 14.2. The molecule has 0 amide bonds. The van der Waals surface area contributed by atoms with Crippen molar-refractivity contribution in [1.29, 1.82) is 0 Å². The van der Waals surface area contributed by atoms with Crippen LogP contribution in [0.15, 0.2) is 77.8 Å². The largest absolute Gasteiger partial charge is 0.497 e. The van der Waals surface area contributed by atoms with E-state index in [1.165, 1.54) is 12.1 Å². The fraction of sp³-hybridized carbons (Fsp3) is 0.208. The van der Waals surface area contributed by atoms with Gasteiger partial charge in [-0.25, -0.2) is 9.38 Å². The first kappa shape index (κ1) is 19.2. The average Bonchev–Trinajstić information content (AvgIpc) is 2.77. The highest BCUT2D eigenvalue weighted by molar-refractivity contribution is 6.02. The zero-order valence-corrected chi connectivity index (χ0v) is 16.3. The number of methoxy groups -OCH3 is 1. The van der Waals surface area contributed by atoms with Crippen molar-refractivity contribution in [2.45, 2.75) is 12.5 Å². The number of aliphatic hydroxyl groups excluding tert-OH is 1. The molecule has 0 saturated heterocycles. The van der Waals surface area contributed by atoms with E-state index in [-0.39, 0.29) is 18.5 Å². The van der Waals surface area contributed by atoms with Gasteiger partial charge in [0.2, 0.25) is 0 Å². The van der Waals surface area contributed by atoms with E-state index in [0.717, 1.165) is 34.0 Å². The number of rotatable bonds is 6. The number of halogens is 1. The van der Waals surface area contributed by atoms with Gasteiger partial charge in [0.1, 0.15) is 17.4 Å². The van der Waals surface area contributed by atoms with Crippen LogP contribution in [-0.2, 0) is 0 Å². The predicted molar refractivity (Wildman–Crippen MR) is 112 cm³/mol. The van der Waals surface area contributed by atoms with E-state index in [2.05, 4.69) is 11.0 Å². The lowest BCUT2D eigenvalue weighted by Gasteiger charge is -2.39. The summed E-state index contributed by atoms with van der Waals surface area (Å²) < 4.78 is 18.9. The molecule has 1 aliphatic heterocycles. The minimum atomic E-state index is -0.260. The summed E-state index contributed by atoms with van der Waals surface area (Å²) in [6.45, 7) is 0.710. The molecule has 3 aromatic rings. The zero-order valence-electron chi connectivity index (χ0n) is 16.3. The summed E-state index contributed by atoms with van der Waals surface area (Å²) in [6.07, 6.45) is 0.606. The summed E-state index contributed by atoms with van der Waals surface area (Å²) in [6, 6.07) is 22.3. The van der Waals surface area contributed by atoms with E-state index in [9.17, 15) is 9.50 Å². The molecule has 1 N–H and O–H groups in total. The van der Waals surface area contributed by atoms with E-state index >= 15 is 0 Å². The molecule has 1 heterocycles. The van der Waals surface area contributed by atoms with Gasteiger partial charge in [0, 0.05) is 24.3 Å². The van der Waals surface area contributed by atoms with Crippen molar-refractivity contribution in [3.63, 3.8) is 0 Å². The number of fused-ring (bicyclic) bond motifs is 1. The molecule has 1 atom stereocenters. The van der Waals surface area contributed by atoms with Crippen molar-refractivity contribution < 1.29 is 14.2 Å². The smallest absolute Gasteiger partial charge is 0.137 e. The molecular weight excluding hydrogens is 367 g/mol. The Balaban J connectivity index is 1.86. The second kappa shape index (κ2) is 8.45. The quantitative estimate of drug-likeness (QED) is 0.664. The van der Waals surface area contributed by atoms with Crippen molar-refractivity contribution in [3.05, 3.63) is 95.3 Å². The third kappa shape index (κ3) is 3.87. The molecule has 1 unspecified atom stereocenters. The van der Waals surface area contributed by atoms with E-state index in [1.54, 1.807) is 7.11 Å². The maximum atomic E-state index is 13.6. The minimum Gasteiger partial charge on any atom is -0.497 e. The molecule has 1 aliphatic rings. The highest BCUT2D eigenvalue weighted by Gasteiger charge is 2.31. The van der Waals surface area contributed by atoms with Gasteiger partial charge in [0.15, 0.2) is 0 Å². The molecule has 5 heteroatoms. The van der Waals surface area contributed by atoms with Crippen molar-refractivity contribution in [2.24, 2.45) is 4.99 Å². The molecule has 0 aliphatic carbocycles. The van der Waals surface area contributed by atoms with Gasteiger partial charge in [-0.2, -0.15) is 0 Å².